The van der Waals surface area contributed by atoms with Crippen molar-refractivity contribution in [2.75, 3.05) is 6.61 Å². The Balaban J connectivity index is 3.12. The molecule has 0 unspecified atom stereocenters. The lowest BCUT2D eigenvalue weighted by atomic mass is 10.0. The molecule has 0 heterocycles. The number of carbonyl (C=O) groups excluding carboxylic acids is 2. The maximum Gasteiger partial charge on any atom is 0.306 e. The Hall–Kier alpha value is -0.860. The zero-order valence-corrected chi connectivity index (χ0v) is 16.4. The van der Waals surface area contributed by atoms with Gasteiger partial charge in [0.25, 0.3) is 0 Å². The van der Waals surface area contributed by atoms with Gasteiger partial charge >= 0.3 is 5.97 Å². The molecule has 0 amide bonds. The van der Waals surface area contributed by atoms with Crippen molar-refractivity contribution in [2.45, 2.75) is 111 Å². The minimum atomic E-state index is -0.237. The second kappa shape index (κ2) is 17.0. The molecule has 0 aromatic heterocycles. The van der Waals surface area contributed by atoms with Gasteiger partial charge in [0.15, 0.2) is 5.78 Å². The molecule has 0 spiro atoms. The molecule has 0 aliphatic rings. The summed E-state index contributed by atoms with van der Waals surface area (Å²) in [7, 11) is 0. The number of carbonyl (C=O) groups is 2. The predicted octanol–water partition coefficient (Wildman–Crippen LogP) is 6.24. The van der Waals surface area contributed by atoms with Crippen molar-refractivity contribution in [3.05, 3.63) is 0 Å². The first-order valence-corrected chi connectivity index (χ1v) is 10.2. The number of hydrogen-bond donors (Lipinski definition) is 0. The Labute approximate surface area is 149 Å². The lowest BCUT2D eigenvalue weighted by molar-refractivity contribution is -0.147. The van der Waals surface area contributed by atoms with Crippen LogP contribution in [-0.2, 0) is 14.3 Å². The third-order valence-electron chi connectivity index (χ3n) is 4.35. The number of rotatable bonds is 17. The van der Waals surface area contributed by atoms with E-state index in [2.05, 4.69) is 13.8 Å². The Kier molecular flexibility index (Phi) is 16.4. The van der Waals surface area contributed by atoms with Crippen molar-refractivity contribution in [2.24, 2.45) is 5.92 Å². The third-order valence-corrected chi connectivity index (χ3v) is 4.35. The highest BCUT2D eigenvalue weighted by Gasteiger charge is 2.03. The molecular weight excluding hydrogens is 300 g/mol. The van der Waals surface area contributed by atoms with Crippen molar-refractivity contribution < 1.29 is 14.3 Å². The highest BCUT2D eigenvalue weighted by Crippen LogP contribution is 2.14. The fraction of sp³-hybridized carbons (Fsp3) is 0.905. The maximum absolute atomic E-state index is 11.3. The molecule has 0 atom stereocenters. The normalized spacial score (nSPS) is 11.0. The van der Waals surface area contributed by atoms with Gasteiger partial charge in [0.2, 0.25) is 0 Å². The van der Waals surface area contributed by atoms with Crippen molar-refractivity contribution in [3.63, 3.8) is 0 Å². The molecule has 0 aliphatic carbocycles. The number of esters is 1. The van der Waals surface area contributed by atoms with Crippen LogP contribution in [0.4, 0.5) is 0 Å². The largest absolute Gasteiger partial charge is 0.458 e. The summed E-state index contributed by atoms with van der Waals surface area (Å²) in [6.07, 6.45) is 17.3. The van der Waals surface area contributed by atoms with Crippen LogP contribution in [0.15, 0.2) is 0 Å². The fourth-order valence-corrected chi connectivity index (χ4v) is 2.84. The highest BCUT2D eigenvalue weighted by molar-refractivity contribution is 5.80. The predicted molar refractivity (Wildman–Crippen MR) is 101 cm³/mol. The second-order valence-corrected chi connectivity index (χ2v) is 7.54. The summed E-state index contributed by atoms with van der Waals surface area (Å²) >= 11 is 0. The number of ketones is 1. The van der Waals surface area contributed by atoms with Gasteiger partial charge in [0.1, 0.15) is 6.61 Å². The van der Waals surface area contributed by atoms with Crippen molar-refractivity contribution in [1.82, 2.24) is 0 Å². The molecule has 0 saturated carbocycles. The second-order valence-electron chi connectivity index (χ2n) is 7.54. The molecule has 0 aromatic rings. The topological polar surface area (TPSA) is 43.4 Å². The molecule has 3 nitrogen and oxygen atoms in total. The maximum atomic E-state index is 11.3. The molecule has 0 radical (unpaired) electrons. The summed E-state index contributed by atoms with van der Waals surface area (Å²) in [4.78, 5) is 22.0. The lowest BCUT2D eigenvalue weighted by Gasteiger charge is -2.05. The van der Waals surface area contributed by atoms with Crippen molar-refractivity contribution in [3.8, 4) is 0 Å². The molecule has 0 fully saturated rings. The number of unbranched alkanes of at least 4 members (excludes halogenated alkanes) is 11. The van der Waals surface area contributed by atoms with Gasteiger partial charge in [-0.05, 0) is 19.3 Å². The summed E-state index contributed by atoms with van der Waals surface area (Å²) in [6, 6.07) is 0. The summed E-state index contributed by atoms with van der Waals surface area (Å²) < 4.78 is 4.83. The van der Waals surface area contributed by atoms with E-state index in [4.69, 9.17) is 4.74 Å². The van der Waals surface area contributed by atoms with Gasteiger partial charge in [-0.15, -0.1) is 0 Å². The van der Waals surface area contributed by atoms with Crippen LogP contribution in [0.5, 0.6) is 0 Å². The Morgan fingerprint density at radius 2 is 1.12 bits per heavy atom. The third kappa shape index (κ3) is 19.2. The first kappa shape index (κ1) is 23.1. The number of ether oxygens (including phenoxy) is 1. The van der Waals surface area contributed by atoms with Crippen molar-refractivity contribution in [1.29, 1.82) is 0 Å². The monoisotopic (exact) mass is 340 g/mol. The van der Waals surface area contributed by atoms with E-state index in [9.17, 15) is 9.59 Å². The van der Waals surface area contributed by atoms with Gasteiger partial charge in [-0.3, -0.25) is 9.59 Å². The molecular formula is C21H40O3. The van der Waals surface area contributed by atoms with Gasteiger partial charge in [-0.1, -0.05) is 90.9 Å². The van der Waals surface area contributed by atoms with E-state index in [1.807, 2.05) is 0 Å². The molecule has 0 rings (SSSR count). The number of hydrogen-bond acceptors (Lipinski definition) is 3. The molecule has 0 saturated heterocycles. The van der Waals surface area contributed by atoms with E-state index >= 15 is 0 Å². The zero-order valence-electron chi connectivity index (χ0n) is 16.4. The minimum absolute atomic E-state index is 0.0729. The summed E-state index contributed by atoms with van der Waals surface area (Å²) in [5.41, 5.74) is 0. The van der Waals surface area contributed by atoms with E-state index in [0.29, 0.717) is 6.42 Å². The standard InChI is InChI=1S/C21H40O3/c1-19(2)16-14-12-10-8-6-4-5-7-9-11-13-15-17-21(23)24-18-20(3)22/h19H,4-18H2,1-3H3. The first-order valence-electron chi connectivity index (χ1n) is 10.2. The average Bonchev–Trinajstić information content (AvgIpc) is 2.52. The van der Waals surface area contributed by atoms with E-state index in [0.717, 1.165) is 18.8 Å². The highest BCUT2D eigenvalue weighted by atomic mass is 16.5. The van der Waals surface area contributed by atoms with Crippen LogP contribution < -0.4 is 0 Å². The van der Waals surface area contributed by atoms with Crippen LogP contribution in [0.1, 0.15) is 111 Å². The molecule has 0 aromatic carbocycles. The Morgan fingerprint density at radius 1 is 0.708 bits per heavy atom. The van der Waals surface area contributed by atoms with Crippen LogP contribution in [0, 0.1) is 5.92 Å². The summed E-state index contributed by atoms with van der Waals surface area (Å²) in [6.45, 7) is 5.97. The van der Waals surface area contributed by atoms with Crippen LogP contribution >= 0.6 is 0 Å². The molecule has 24 heavy (non-hydrogen) atoms. The van der Waals surface area contributed by atoms with E-state index < -0.39 is 0 Å². The summed E-state index contributed by atoms with van der Waals surface area (Å²) in [5, 5.41) is 0. The zero-order chi connectivity index (χ0) is 18.0. The van der Waals surface area contributed by atoms with Gasteiger partial charge in [0, 0.05) is 6.42 Å². The smallest absolute Gasteiger partial charge is 0.306 e. The van der Waals surface area contributed by atoms with Gasteiger partial charge < -0.3 is 4.74 Å². The Bertz CT molecular complexity index is 310. The first-order chi connectivity index (χ1) is 11.5. The number of Topliss-reactive ketones (excluding diaryl/α,β-unsaturated/α-hetero) is 1. The molecule has 0 aliphatic heterocycles. The van der Waals surface area contributed by atoms with E-state index in [-0.39, 0.29) is 18.4 Å². The van der Waals surface area contributed by atoms with E-state index in [1.54, 1.807) is 0 Å². The molecule has 142 valence electrons. The van der Waals surface area contributed by atoms with Gasteiger partial charge in [0.05, 0.1) is 0 Å². The summed E-state index contributed by atoms with van der Waals surface area (Å²) in [5.74, 6) is 0.522. The molecule has 0 N–H and O–H groups in total. The van der Waals surface area contributed by atoms with Crippen LogP contribution in [0.3, 0.4) is 0 Å². The Morgan fingerprint density at radius 3 is 1.54 bits per heavy atom. The average molecular weight is 341 g/mol. The van der Waals surface area contributed by atoms with Crippen LogP contribution in [0.25, 0.3) is 0 Å². The quantitative estimate of drug-likeness (QED) is 0.233. The minimum Gasteiger partial charge on any atom is -0.458 e. The van der Waals surface area contributed by atoms with Crippen LogP contribution in [-0.4, -0.2) is 18.4 Å². The van der Waals surface area contributed by atoms with E-state index in [1.165, 1.54) is 77.6 Å². The SMILES string of the molecule is CC(=O)COC(=O)CCCCCCCCCCCCCCC(C)C. The van der Waals surface area contributed by atoms with Crippen molar-refractivity contribution >= 4 is 11.8 Å². The molecule has 3 heteroatoms. The lowest BCUT2D eigenvalue weighted by Crippen LogP contribution is -2.10. The molecule has 0 bridgehead atoms. The van der Waals surface area contributed by atoms with Gasteiger partial charge in [-0.2, -0.15) is 0 Å². The van der Waals surface area contributed by atoms with Crippen LogP contribution in [0.2, 0.25) is 0 Å². The van der Waals surface area contributed by atoms with Gasteiger partial charge in [-0.25, -0.2) is 0 Å². The fourth-order valence-electron chi connectivity index (χ4n) is 2.84.